The van der Waals surface area contributed by atoms with E-state index in [-0.39, 0.29) is 18.2 Å². The standard InChI is InChI=1S/C14H18N4O2/c1-3-11-7-12(18(2)17-11)14(20)16-8-9-6-10(15)4-5-13(9)19/h4-7,19H,3,8,15H2,1-2H3,(H,16,20). The molecule has 0 aliphatic rings. The molecule has 2 aromatic rings. The number of nitrogens with one attached hydrogen (secondary N) is 1. The summed E-state index contributed by atoms with van der Waals surface area (Å²) >= 11 is 0. The molecule has 1 aromatic carbocycles. The fourth-order valence-corrected chi connectivity index (χ4v) is 1.93. The normalized spacial score (nSPS) is 10.5. The van der Waals surface area contributed by atoms with Crippen LogP contribution in [0.5, 0.6) is 5.75 Å². The predicted octanol–water partition coefficient (Wildman–Crippen LogP) is 1.20. The molecule has 1 heterocycles. The lowest BCUT2D eigenvalue weighted by atomic mass is 10.1. The van der Waals surface area contributed by atoms with E-state index >= 15 is 0 Å². The summed E-state index contributed by atoms with van der Waals surface area (Å²) < 4.78 is 1.55. The van der Waals surface area contributed by atoms with Crippen LogP contribution >= 0.6 is 0 Å². The van der Waals surface area contributed by atoms with Gasteiger partial charge in [-0.05, 0) is 30.7 Å². The molecule has 106 valence electrons. The maximum absolute atomic E-state index is 12.1. The molecular weight excluding hydrogens is 256 g/mol. The number of hydrogen-bond acceptors (Lipinski definition) is 4. The van der Waals surface area contributed by atoms with Crippen molar-refractivity contribution in [2.75, 3.05) is 5.73 Å². The van der Waals surface area contributed by atoms with Gasteiger partial charge in [0, 0.05) is 24.8 Å². The van der Waals surface area contributed by atoms with Gasteiger partial charge in [-0.25, -0.2) is 0 Å². The van der Waals surface area contributed by atoms with Crippen LogP contribution in [0, 0.1) is 0 Å². The van der Waals surface area contributed by atoms with Gasteiger partial charge in [0.15, 0.2) is 0 Å². The van der Waals surface area contributed by atoms with Crippen LogP contribution in [0.25, 0.3) is 0 Å². The van der Waals surface area contributed by atoms with Crippen LogP contribution in [0.2, 0.25) is 0 Å². The zero-order chi connectivity index (χ0) is 14.7. The van der Waals surface area contributed by atoms with E-state index in [0.717, 1.165) is 12.1 Å². The lowest BCUT2D eigenvalue weighted by Crippen LogP contribution is -2.25. The molecule has 4 N–H and O–H groups in total. The first kappa shape index (κ1) is 13.9. The van der Waals surface area contributed by atoms with Gasteiger partial charge in [0.25, 0.3) is 5.91 Å². The predicted molar refractivity (Wildman–Crippen MR) is 76.3 cm³/mol. The number of nitrogens with two attached hydrogens (primary N) is 1. The first-order valence-corrected chi connectivity index (χ1v) is 6.39. The SMILES string of the molecule is CCc1cc(C(=O)NCc2cc(N)ccc2O)n(C)n1. The number of aromatic nitrogens is 2. The molecule has 6 heteroatoms. The molecule has 20 heavy (non-hydrogen) atoms. The van der Waals surface area contributed by atoms with Gasteiger partial charge in [-0.3, -0.25) is 9.48 Å². The average Bonchev–Trinajstić information content (AvgIpc) is 2.81. The molecule has 0 bridgehead atoms. The summed E-state index contributed by atoms with van der Waals surface area (Å²) in [5, 5.41) is 16.7. The summed E-state index contributed by atoms with van der Waals surface area (Å²) in [5.74, 6) is -0.125. The Morgan fingerprint density at radius 1 is 1.45 bits per heavy atom. The van der Waals surface area contributed by atoms with Crippen molar-refractivity contribution in [2.24, 2.45) is 7.05 Å². The number of benzene rings is 1. The first-order chi connectivity index (χ1) is 9.51. The summed E-state index contributed by atoms with van der Waals surface area (Å²) in [4.78, 5) is 12.1. The number of nitrogens with zero attached hydrogens (tertiary/aromatic N) is 2. The zero-order valence-electron chi connectivity index (χ0n) is 11.6. The minimum atomic E-state index is -0.235. The lowest BCUT2D eigenvalue weighted by molar-refractivity contribution is 0.0941. The van der Waals surface area contributed by atoms with Crippen LogP contribution in [0.1, 0.15) is 28.7 Å². The van der Waals surface area contributed by atoms with Gasteiger partial charge in [0.05, 0.1) is 5.69 Å². The van der Waals surface area contributed by atoms with E-state index in [0.29, 0.717) is 16.9 Å². The maximum Gasteiger partial charge on any atom is 0.269 e. The minimum absolute atomic E-state index is 0.110. The van der Waals surface area contributed by atoms with Crippen molar-refractivity contribution >= 4 is 11.6 Å². The van der Waals surface area contributed by atoms with Crippen molar-refractivity contribution in [1.29, 1.82) is 0 Å². The molecule has 6 nitrogen and oxygen atoms in total. The highest BCUT2D eigenvalue weighted by molar-refractivity contribution is 5.92. The molecular formula is C14H18N4O2. The third-order valence-corrected chi connectivity index (χ3v) is 3.07. The number of anilines is 1. The summed E-state index contributed by atoms with van der Waals surface area (Å²) in [6.07, 6.45) is 0.775. The molecule has 0 aliphatic carbocycles. The number of aromatic hydroxyl groups is 1. The highest BCUT2D eigenvalue weighted by Crippen LogP contribution is 2.19. The Hall–Kier alpha value is -2.50. The molecule has 0 spiro atoms. The van der Waals surface area contributed by atoms with Crippen LogP contribution in [-0.2, 0) is 20.0 Å². The summed E-state index contributed by atoms with van der Waals surface area (Å²) in [6, 6.07) is 6.51. The Bertz CT molecular complexity index is 634. The summed E-state index contributed by atoms with van der Waals surface area (Å²) in [7, 11) is 1.73. The van der Waals surface area contributed by atoms with E-state index < -0.39 is 0 Å². The highest BCUT2D eigenvalue weighted by Gasteiger charge is 2.13. The van der Waals surface area contributed by atoms with Crippen LogP contribution in [0.4, 0.5) is 5.69 Å². The van der Waals surface area contributed by atoms with E-state index in [9.17, 15) is 9.90 Å². The van der Waals surface area contributed by atoms with Gasteiger partial charge in [0.2, 0.25) is 0 Å². The van der Waals surface area contributed by atoms with Crippen molar-refractivity contribution in [3.05, 3.63) is 41.2 Å². The van der Waals surface area contributed by atoms with Crippen LogP contribution < -0.4 is 11.1 Å². The van der Waals surface area contributed by atoms with Crippen LogP contribution in [0.15, 0.2) is 24.3 Å². The van der Waals surface area contributed by atoms with E-state index in [4.69, 9.17) is 5.73 Å². The van der Waals surface area contributed by atoms with Gasteiger partial charge >= 0.3 is 0 Å². The van der Waals surface area contributed by atoms with E-state index in [1.54, 1.807) is 29.9 Å². The Morgan fingerprint density at radius 3 is 2.85 bits per heavy atom. The molecule has 0 saturated heterocycles. The summed E-state index contributed by atoms with van der Waals surface area (Å²) in [6.45, 7) is 2.19. The average molecular weight is 274 g/mol. The number of phenolic OH excluding ortho intramolecular Hbond substituents is 1. The van der Waals surface area contributed by atoms with Crippen molar-refractivity contribution < 1.29 is 9.90 Å². The molecule has 0 saturated carbocycles. The maximum atomic E-state index is 12.1. The zero-order valence-corrected chi connectivity index (χ0v) is 11.6. The van der Waals surface area contributed by atoms with E-state index in [1.165, 1.54) is 6.07 Å². The Balaban J connectivity index is 2.08. The van der Waals surface area contributed by atoms with Crippen molar-refractivity contribution in [2.45, 2.75) is 19.9 Å². The van der Waals surface area contributed by atoms with Crippen molar-refractivity contribution in [1.82, 2.24) is 15.1 Å². The van der Waals surface area contributed by atoms with Crippen molar-refractivity contribution in [3.8, 4) is 5.75 Å². The second-order valence-corrected chi connectivity index (χ2v) is 4.57. The molecule has 2 rings (SSSR count). The first-order valence-electron chi connectivity index (χ1n) is 6.39. The minimum Gasteiger partial charge on any atom is -0.508 e. The second-order valence-electron chi connectivity index (χ2n) is 4.57. The number of carbonyl (C=O) groups is 1. The number of phenols is 1. The van der Waals surface area contributed by atoms with Gasteiger partial charge in [-0.2, -0.15) is 5.10 Å². The molecule has 0 fully saturated rings. The Labute approximate surface area is 117 Å². The number of hydrogen-bond donors (Lipinski definition) is 3. The number of nitrogen functional groups attached to an aromatic ring is 1. The monoisotopic (exact) mass is 274 g/mol. The largest absolute Gasteiger partial charge is 0.508 e. The number of carbonyl (C=O) groups excluding carboxylic acids is 1. The highest BCUT2D eigenvalue weighted by atomic mass is 16.3. The molecule has 0 atom stereocenters. The molecule has 1 amide bonds. The Kier molecular flexibility index (Phi) is 3.93. The smallest absolute Gasteiger partial charge is 0.269 e. The third-order valence-electron chi connectivity index (χ3n) is 3.07. The van der Waals surface area contributed by atoms with E-state index in [1.807, 2.05) is 6.92 Å². The van der Waals surface area contributed by atoms with Crippen LogP contribution in [0.3, 0.4) is 0 Å². The number of rotatable bonds is 4. The lowest BCUT2D eigenvalue weighted by Gasteiger charge is -2.08. The third kappa shape index (κ3) is 2.90. The van der Waals surface area contributed by atoms with Crippen molar-refractivity contribution in [3.63, 3.8) is 0 Å². The van der Waals surface area contributed by atoms with Gasteiger partial charge in [0.1, 0.15) is 11.4 Å². The summed E-state index contributed by atoms with van der Waals surface area (Å²) in [5.41, 5.74) is 8.13. The van der Waals surface area contributed by atoms with Crippen LogP contribution in [-0.4, -0.2) is 20.8 Å². The van der Waals surface area contributed by atoms with Gasteiger partial charge in [-0.1, -0.05) is 6.92 Å². The molecule has 1 aromatic heterocycles. The fourth-order valence-electron chi connectivity index (χ4n) is 1.93. The molecule has 0 radical (unpaired) electrons. The molecule has 0 aliphatic heterocycles. The quantitative estimate of drug-likeness (QED) is 0.577. The number of aryl methyl sites for hydroxylation is 2. The Morgan fingerprint density at radius 2 is 2.20 bits per heavy atom. The van der Waals surface area contributed by atoms with Gasteiger partial charge in [-0.15, -0.1) is 0 Å². The van der Waals surface area contributed by atoms with E-state index in [2.05, 4.69) is 10.4 Å². The molecule has 0 unspecified atom stereocenters. The van der Waals surface area contributed by atoms with Gasteiger partial charge < -0.3 is 16.2 Å². The second kappa shape index (κ2) is 5.64. The fraction of sp³-hybridized carbons (Fsp3) is 0.286. The number of amides is 1. The topological polar surface area (TPSA) is 93.2 Å².